The van der Waals surface area contributed by atoms with Crippen molar-refractivity contribution in [2.24, 2.45) is 11.8 Å². The molecule has 2 fully saturated rings. The third-order valence-corrected chi connectivity index (χ3v) is 4.42. The van der Waals surface area contributed by atoms with Crippen LogP contribution in [0, 0.1) is 11.8 Å². The Morgan fingerprint density at radius 1 is 1.50 bits per heavy atom. The van der Waals surface area contributed by atoms with Crippen LogP contribution >= 0.6 is 22.6 Å². The highest BCUT2D eigenvalue weighted by molar-refractivity contribution is 14.1. The van der Waals surface area contributed by atoms with E-state index >= 15 is 0 Å². The standard InChI is InChI=1S/C12H20INO2/c1-8(13)11(15)16-12(2,3)10-7-14-5-4-9(10)6-14/h8-10H,4-7H2,1-3H3. The van der Waals surface area contributed by atoms with Crippen LogP contribution < -0.4 is 0 Å². The number of alkyl halides is 1. The maximum Gasteiger partial charge on any atom is 0.319 e. The maximum absolute atomic E-state index is 11.7. The summed E-state index contributed by atoms with van der Waals surface area (Å²) in [5.41, 5.74) is -0.309. The minimum absolute atomic E-state index is 0.0595. The number of halogens is 1. The minimum Gasteiger partial charge on any atom is -0.459 e. The molecular formula is C12H20INO2. The quantitative estimate of drug-likeness (QED) is 0.449. The number of carbonyl (C=O) groups is 1. The first-order valence-electron chi connectivity index (χ1n) is 5.99. The lowest BCUT2D eigenvalue weighted by Crippen LogP contribution is -2.44. The van der Waals surface area contributed by atoms with Gasteiger partial charge in [0.05, 0.1) is 0 Å². The molecule has 2 aliphatic heterocycles. The fourth-order valence-corrected chi connectivity index (χ4v) is 3.11. The van der Waals surface area contributed by atoms with E-state index in [1.165, 1.54) is 19.5 Å². The second kappa shape index (κ2) is 4.44. The van der Waals surface area contributed by atoms with E-state index in [1.54, 1.807) is 0 Å². The molecule has 0 amide bonds. The smallest absolute Gasteiger partial charge is 0.319 e. The van der Waals surface area contributed by atoms with Gasteiger partial charge in [-0.2, -0.15) is 0 Å². The Bertz CT molecular complexity index is 291. The fraction of sp³-hybridized carbons (Fsp3) is 0.917. The molecule has 2 rings (SSSR count). The molecule has 4 atom stereocenters. The van der Waals surface area contributed by atoms with Gasteiger partial charge in [0.1, 0.15) is 9.53 Å². The van der Waals surface area contributed by atoms with Crippen LogP contribution in [0.5, 0.6) is 0 Å². The first kappa shape index (κ1) is 12.6. The number of ether oxygens (including phenoxy) is 1. The minimum atomic E-state index is -0.309. The van der Waals surface area contributed by atoms with E-state index in [1.807, 2.05) is 6.92 Å². The van der Waals surface area contributed by atoms with Gasteiger partial charge < -0.3 is 9.64 Å². The molecule has 0 radical (unpaired) electrons. The van der Waals surface area contributed by atoms with E-state index in [9.17, 15) is 4.79 Å². The van der Waals surface area contributed by atoms with E-state index in [0.717, 1.165) is 12.5 Å². The summed E-state index contributed by atoms with van der Waals surface area (Å²) >= 11 is 2.11. The molecule has 2 bridgehead atoms. The highest BCUT2D eigenvalue weighted by atomic mass is 127. The topological polar surface area (TPSA) is 29.5 Å². The van der Waals surface area contributed by atoms with Gasteiger partial charge in [0.15, 0.2) is 0 Å². The monoisotopic (exact) mass is 337 g/mol. The van der Waals surface area contributed by atoms with Crippen LogP contribution in [-0.4, -0.2) is 40.0 Å². The van der Waals surface area contributed by atoms with Gasteiger partial charge in [-0.15, -0.1) is 0 Å². The van der Waals surface area contributed by atoms with Crippen LogP contribution in [-0.2, 0) is 9.53 Å². The van der Waals surface area contributed by atoms with E-state index < -0.39 is 0 Å². The molecule has 0 aromatic heterocycles. The van der Waals surface area contributed by atoms with E-state index in [2.05, 4.69) is 41.3 Å². The van der Waals surface area contributed by atoms with Crippen LogP contribution in [0.25, 0.3) is 0 Å². The molecule has 2 saturated heterocycles. The molecular weight excluding hydrogens is 317 g/mol. The Morgan fingerprint density at radius 2 is 2.19 bits per heavy atom. The number of rotatable bonds is 3. The summed E-state index contributed by atoms with van der Waals surface area (Å²) < 4.78 is 5.60. The molecule has 4 unspecified atom stereocenters. The van der Waals surface area contributed by atoms with Crippen molar-refractivity contribution in [3.63, 3.8) is 0 Å². The predicted octanol–water partition coefficient (Wildman–Crippen LogP) is 2.08. The molecule has 3 nitrogen and oxygen atoms in total. The van der Waals surface area contributed by atoms with E-state index in [0.29, 0.717) is 5.92 Å². The Kier molecular flexibility index (Phi) is 3.50. The third-order valence-electron chi connectivity index (χ3n) is 3.91. The lowest BCUT2D eigenvalue weighted by atomic mass is 9.80. The average molecular weight is 337 g/mol. The first-order chi connectivity index (χ1) is 7.40. The van der Waals surface area contributed by atoms with Gasteiger partial charge in [-0.05, 0) is 39.7 Å². The predicted molar refractivity (Wildman–Crippen MR) is 71.7 cm³/mol. The van der Waals surface area contributed by atoms with E-state index in [-0.39, 0.29) is 15.5 Å². The largest absolute Gasteiger partial charge is 0.459 e. The summed E-state index contributed by atoms with van der Waals surface area (Å²) in [6.07, 6.45) is 1.27. The second-order valence-corrected chi connectivity index (χ2v) is 7.42. The lowest BCUT2D eigenvalue weighted by Gasteiger charge is -2.36. The van der Waals surface area contributed by atoms with Crippen LogP contribution in [0.1, 0.15) is 27.2 Å². The van der Waals surface area contributed by atoms with Gasteiger partial charge in [-0.1, -0.05) is 22.6 Å². The van der Waals surface area contributed by atoms with Gasteiger partial charge in [-0.25, -0.2) is 0 Å². The van der Waals surface area contributed by atoms with Crippen molar-refractivity contribution in [3.8, 4) is 0 Å². The summed E-state index contributed by atoms with van der Waals surface area (Å²) in [6.45, 7) is 9.54. The van der Waals surface area contributed by atoms with Gasteiger partial charge in [-0.3, -0.25) is 4.79 Å². The second-order valence-electron chi connectivity index (χ2n) is 5.56. The highest BCUT2D eigenvalue weighted by Gasteiger charge is 2.47. The molecule has 4 heteroatoms. The molecule has 0 saturated carbocycles. The summed E-state index contributed by atoms with van der Waals surface area (Å²) in [6, 6.07) is 0. The number of fused-ring (bicyclic) bond motifs is 2. The Labute approximate surface area is 111 Å². The Balaban J connectivity index is 1.99. The van der Waals surface area contributed by atoms with Crippen molar-refractivity contribution in [3.05, 3.63) is 0 Å². The molecule has 0 aliphatic carbocycles. The zero-order chi connectivity index (χ0) is 11.9. The number of nitrogens with zero attached hydrogens (tertiary/aromatic N) is 1. The highest BCUT2D eigenvalue weighted by Crippen LogP contribution is 2.40. The number of carbonyl (C=O) groups excluding carboxylic acids is 1. The zero-order valence-corrected chi connectivity index (χ0v) is 12.4. The maximum atomic E-state index is 11.7. The molecule has 0 aromatic rings. The lowest BCUT2D eigenvalue weighted by molar-refractivity contribution is -0.161. The molecule has 0 aromatic carbocycles. The summed E-state index contributed by atoms with van der Waals surface area (Å²) in [7, 11) is 0. The summed E-state index contributed by atoms with van der Waals surface area (Å²) in [5, 5.41) is 0. The number of hydrogen-bond donors (Lipinski definition) is 0. The Hall–Kier alpha value is 0.160. The van der Waals surface area contributed by atoms with Gasteiger partial charge in [0.2, 0.25) is 0 Å². The normalized spacial score (nSPS) is 35.1. The Morgan fingerprint density at radius 3 is 2.62 bits per heavy atom. The van der Waals surface area contributed by atoms with Crippen molar-refractivity contribution in [2.75, 3.05) is 19.6 Å². The van der Waals surface area contributed by atoms with Gasteiger partial charge >= 0.3 is 5.97 Å². The summed E-state index contributed by atoms with van der Waals surface area (Å²) in [4.78, 5) is 14.2. The van der Waals surface area contributed by atoms with Gasteiger partial charge in [0, 0.05) is 19.0 Å². The molecule has 16 heavy (non-hydrogen) atoms. The van der Waals surface area contributed by atoms with E-state index in [4.69, 9.17) is 4.74 Å². The van der Waals surface area contributed by atoms with Crippen molar-refractivity contribution in [1.29, 1.82) is 0 Å². The molecule has 2 heterocycles. The molecule has 0 N–H and O–H groups in total. The number of piperidine rings is 1. The van der Waals surface area contributed by atoms with Crippen molar-refractivity contribution >= 4 is 28.6 Å². The average Bonchev–Trinajstić information content (AvgIpc) is 2.77. The van der Waals surface area contributed by atoms with Crippen LogP contribution in [0.4, 0.5) is 0 Å². The van der Waals surface area contributed by atoms with Crippen molar-refractivity contribution in [1.82, 2.24) is 4.90 Å². The van der Waals surface area contributed by atoms with Gasteiger partial charge in [0.25, 0.3) is 0 Å². The SMILES string of the molecule is CC(I)C(=O)OC(C)(C)C1CN2CCC1C2. The van der Waals surface area contributed by atoms with Crippen LogP contribution in [0.2, 0.25) is 0 Å². The van der Waals surface area contributed by atoms with Crippen LogP contribution in [0.15, 0.2) is 0 Å². The molecule has 2 aliphatic rings. The first-order valence-corrected chi connectivity index (χ1v) is 7.24. The van der Waals surface area contributed by atoms with Crippen molar-refractivity contribution < 1.29 is 9.53 Å². The number of esters is 1. The molecule has 0 spiro atoms. The van der Waals surface area contributed by atoms with Crippen LogP contribution in [0.3, 0.4) is 0 Å². The number of hydrogen-bond acceptors (Lipinski definition) is 3. The molecule has 92 valence electrons. The fourth-order valence-electron chi connectivity index (χ4n) is 2.99. The third kappa shape index (κ3) is 2.37. The summed E-state index contributed by atoms with van der Waals surface area (Å²) in [5.74, 6) is 1.16. The van der Waals surface area contributed by atoms with Crippen molar-refractivity contribution in [2.45, 2.75) is 36.7 Å². The zero-order valence-electron chi connectivity index (χ0n) is 10.2.